The summed E-state index contributed by atoms with van der Waals surface area (Å²) in [6, 6.07) is 0.282. The van der Waals surface area contributed by atoms with Crippen LogP contribution < -0.4 is 5.32 Å². The monoisotopic (exact) mass is 165 g/mol. The Balaban J connectivity index is 0. The SMILES string of the molecule is CN[C@H](CO)CC(C)C.S. The van der Waals surface area contributed by atoms with Gasteiger partial charge in [0.25, 0.3) is 0 Å². The van der Waals surface area contributed by atoms with Crippen molar-refractivity contribution in [2.24, 2.45) is 5.92 Å². The summed E-state index contributed by atoms with van der Waals surface area (Å²) in [5, 5.41) is 11.7. The van der Waals surface area contributed by atoms with Crippen molar-refractivity contribution in [2.75, 3.05) is 13.7 Å². The highest BCUT2D eigenvalue weighted by molar-refractivity contribution is 7.59. The predicted molar refractivity (Wildman–Crippen MR) is 49.8 cm³/mol. The van der Waals surface area contributed by atoms with E-state index in [0.717, 1.165) is 6.42 Å². The Bertz CT molecular complexity index is 64.6. The number of likely N-dealkylation sites (N-methyl/N-ethyl adjacent to an activating group) is 1. The lowest BCUT2D eigenvalue weighted by Crippen LogP contribution is -2.30. The molecule has 3 heteroatoms. The molecule has 0 radical (unpaired) electrons. The zero-order valence-electron chi connectivity index (χ0n) is 7.02. The Hall–Kier alpha value is 0.270. The van der Waals surface area contributed by atoms with Crippen LogP contribution >= 0.6 is 13.5 Å². The largest absolute Gasteiger partial charge is 0.395 e. The van der Waals surface area contributed by atoms with Crippen LogP contribution in [0.4, 0.5) is 0 Å². The molecule has 0 aromatic heterocycles. The van der Waals surface area contributed by atoms with Crippen LogP contribution in [0.5, 0.6) is 0 Å². The van der Waals surface area contributed by atoms with Crippen LogP contribution in [0, 0.1) is 5.92 Å². The van der Waals surface area contributed by atoms with Gasteiger partial charge in [-0.15, -0.1) is 0 Å². The molecule has 0 spiro atoms. The van der Waals surface area contributed by atoms with E-state index < -0.39 is 0 Å². The third kappa shape index (κ3) is 6.39. The van der Waals surface area contributed by atoms with Crippen molar-refractivity contribution in [3.8, 4) is 0 Å². The quantitative estimate of drug-likeness (QED) is 0.643. The fraction of sp³-hybridized carbons (Fsp3) is 1.00. The van der Waals surface area contributed by atoms with E-state index in [-0.39, 0.29) is 26.1 Å². The normalized spacial score (nSPS) is 12.9. The lowest BCUT2D eigenvalue weighted by atomic mass is 10.1. The van der Waals surface area contributed by atoms with E-state index in [4.69, 9.17) is 5.11 Å². The van der Waals surface area contributed by atoms with E-state index in [1.165, 1.54) is 0 Å². The first-order valence-electron chi connectivity index (χ1n) is 3.48. The van der Waals surface area contributed by atoms with Crippen LogP contribution in [0.15, 0.2) is 0 Å². The Morgan fingerprint density at radius 3 is 2.00 bits per heavy atom. The molecule has 0 saturated carbocycles. The summed E-state index contributed by atoms with van der Waals surface area (Å²) in [5.41, 5.74) is 0. The average molecular weight is 165 g/mol. The highest BCUT2D eigenvalue weighted by Gasteiger charge is 2.04. The van der Waals surface area contributed by atoms with Gasteiger partial charge in [-0.05, 0) is 19.4 Å². The van der Waals surface area contributed by atoms with Gasteiger partial charge >= 0.3 is 0 Å². The van der Waals surface area contributed by atoms with Gasteiger partial charge in [0.15, 0.2) is 0 Å². The molecule has 0 aromatic carbocycles. The molecule has 0 fully saturated rings. The summed E-state index contributed by atoms with van der Waals surface area (Å²) >= 11 is 0. The van der Waals surface area contributed by atoms with Crippen molar-refractivity contribution in [3.63, 3.8) is 0 Å². The Kier molecular flexibility index (Phi) is 9.52. The predicted octanol–water partition coefficient (Wildman–Crippen LogP) is 0.726. The first-order valence-corrected chi connectivity index (χ1v) is 3.48. The fourth-order valence-corrected chi connectivity index (χ4v) is 0.853. The number of nitrogens with one attached hydrogen (secondary N) is 1. The van der Waals surface area contributed by atoms with E-state index in [9.17, 15) is 0 Å². The van der Waals surface area contributed by atoms with Crippen molar-refractivity contribution in [3.05, 3.63) is 0 Å². The minimum atomic E-state index is 0. The molecule has 0 unspecified atom stereocenters. The maximum atomic E-state index is 8.71. The lowest BCUT2D eigenvalue weighted by molar-refractivity contribution is 0.231. The molecule has 0 heterocycles. The first kappa shape index (κ1) is 12.9. The highest BCUT2D eigenvalue weighted by Crippen LogP contribution is 2.02. The minimum absolute atomic E-state index is 0. The average Bonchev–Trinajstić information content (AvgIpc) is 1.82. The van der Waals surface area contributed by atoms with Crippen LogP contribution in [0.1, 0.15) is 20.3 Å². The summed E-state index contributed by atoms with van der Waals surface area (Å²) in [6.07, 6.45) is 1.05. The molecule has 2 nitrogen and oxygen atoms in total. The molecule has 2 N–H and O–H groups in total. The number of aliphatic hydroxyl groups is 1. The van der Waals surface area contributed by atoms with E-state index in [0.29, 0.717) is 5.92 Å². The number of aliphatic hydroxyl groups excluding tert-OH is 1. The van der Waals surface area contributed by atoms with Gasteiger partial charge in [-0.2, -0.15) is 13.5 Å². The van der Waals surface area contributed by atoms with Crippen molar-refractivity contribution in [1.82, 2.24) is 5.32 Å². The summed E-state index contributed by atoms with van der Waals surface area (Å²) in [6.45, 7) is 4.55. The third-order valence-electron chi connectivity index (χ3n) is 1.38. The molecule has 0 saturated heterocycles. The van der Waals surface area contributed by atoms with Gasteiger partial charge in [0.1, 0.15) is 0 Å². The van der Waals surface area contributed by atoms with Crippen LogP contribution in [0.2, 0.25) is 0 Å². The lowest BCUT2D eigenvalue weighted by Gasteiger charge is -2.14. The maximum absolute atomic E-state index is 8.71. The molecule has 0 rings (SSSR count). The molecular weight excluding hydrogens is 146 g/mol. The molecule has 0 aliphatic heterocycles. The van der Waals surface area contributed by atoms with Crippen LogP contribution in [0.3, 0.4) is 0 Å². The Morgan fingerprint density at radius 1 is 1.40 bits per heavy atom. The molecular formula is C7H19NOS. The second-order valence-corrected chi connectivity index (χ2v) is 2.80. The summed E-state index contributed by atoms with van der Waals surface area (Å²) in [4.78, 5) is 0. The van der Waals surface area contributed by atoms with E-state index in [1.807, 2.05) is 7.05 Å². The number of rotatable bonds is 4. The van der Waals surface area contributed by atoms with E-state index in [2.05, 4.69) is 19.2 Å². The third-order valence-corrected chi connectivity index (χ3v) is 1.38. The van der Waals surface area contributed by atoms with Crippen molar-refractivity contribution in [2.45, 2.75) is 26.3 Å². The maximum Gasteiger partial charge on any atom is 0.0584 e. The van der Waals surface area contributed by atoms with Crippen molar-refractivity contribution >= 4 is 13.5 Å². The zero-order chi connectivity index (χ0) is 7.28. The minimum Gasteiger partial charge on any atom is -0.395 e. The standard InChI is InChI=1S/C7H17NO.H2S/c1-6(2)4-7(5-9)8-3;/h6-9H,4-5H2,1-3H3;1H2/t7-;/m0./s1. The van der Waals surface area contributed by atoms with Gasteiger partial charge in [-0.3, -0.25) is 0 Å². The number of hydrogen-bond acceptors (Lipinski definition) is 2. The summed E-state index contributed by atoms with van der Waals surface area (Å²) < 4.78 is 0. The molecule has 64 valence electrons. The fourth-order valence-electron chi connectivity index (χ4n) is 0.853. The van der Waals surface area contributed by atoms with Crippen molar-refractivity contribution in [1.29, 1.82) is 0 Å². The Labute approximate surface area is 70.5 Å². The van der Waals surface area contributed by atoms with E-state index >= 15 is 0 Å². The summed E-state index contributed by atoms with van der Waals surface area (Å²) in [5.74, 6) is 0.662. The molecule has 0 bridgehead atoms. The van der Waals surface area contributed by atoms with Gasteiger partial charge < -0.3 is 10.4 Å². The second kappa shape index (κ2) is 7.38. The number of hydrogen-bond donors (Lipinski definition) is 2. The molecule has 0 aliphatic rings. The second-order valence-electron chi connectivity index (χ2n) is 2.80. The summed E-state index contributed by atoms with van der Waals surface area (Å²) in [7, 11) is 1.88. The van der Waals surface area contributed by atoms with Crippen LogP contribution in [-0.2, 0) is 0 Å². The van der Waals surface area contributed by atoms with Crippen LogP contribution in [0.25, 0.3) is 0 Å². The highest BCUT2D eigenvalue weighted by atomic mass is 32.1. The molecule has 0 aromatic rings. The molecule has 1 atom stereocenters. The molecule has 0 amide bonds. The zero-order valence-corrected chi connectivity index (χ0v) is 8.02. The van der Waals surface area contributed by atoms with E-state index in [1.54, 1.807) is 0 Å². The molecule has 10 heavy (non-hydrogen) atoms. The van der Waals surface area contributed by atoms with Crippen LogP contribution in [-0.4, -0.2) is 24.8 Å². The first-order chi connectivity index (χ1) is 4.20. The van der Waals surface area contributed by atoms with Crippen molar-refractivity contribution < 1.29 is 5.11 Å². The van der Waals surface area contributed by atoms with Gasteiger partial charge in [-0.25, -0.2) is 0 Å². The van der Waals surface area contributed by atoms with Gasteiger partial charge in [0.2, 0.25) is 0 Å². The van der Waals surface area contributed by atoms with Gasteiger partial charge in [0, 0.05) is 6.04 Å². The topological polar surface area (TPSA) is 32.3 Å². The van der Waals surface area contributed by atoms with Gasteiger partial charge in [-0.1, -0.05) is 13.8 Å². The van der Waals surface area contributed by atoms with Gasteiger partial charge in [0.05, 0.1) is 6.61 Å². The molecule has 0 aliphatic carbocycles. The smallest absolute Gasteiger partial charge is 0.0584 e. The Morgan fingerprint density at radius 2 is 1.90 bits per heavy atom.